The molecule has 1 N–H and O–H groups in total. The van der Waals surface area contributed by atoms with Gasteiger partial charge in [0, 0.05) is 21.0 Å². The Hall–Kier alpha value is 0.270. The summed E-state index contributed by atoms with van der Waals surface area (Å²) < 4.78 is 44.7. The highest BCUT2D eigenvalue weighted by molar-refractivity contribution is 7.71. The van der Waals surface area contributed by atoms with Crippen molar-refractivity contribution in [3.8, 4) is 0 Å². The van der Waals surface area contributed by atoms with Crippen LogP contribution in [0.1, 0.15) is 40.0 Å². The Labute approximate surface area is 129 Å². The van der Waals surface area contributed by atoms with Gasteiger partial charge in [0.05, 0.1) is 12.3 Å². The van der Waals surface area contributed by atoms with E-state index in [0.717, 1.165) is 0 Å². The van der Waals surface area contributed by atoms with Crippen molar-refractivity contribution < 1.29 is 32.1 Å². The normalized spacial score (nSPS) is 19.3. The summed E-state index contributed by atoms with van der Waals surface area (Å²) >= 11 is 0. The van der Waals surface area contributed by atoms with Gasteiger partial charge in [-0.3, -0.25) is 13.4 Å². The van der Waals surface area contributed by atoms with E-state index in [2.05, 4.69) is 8.62 Å². The van der Waals surface area contributed by atoms with Crippen LogP contribution in [0.25, 0.3) is 0 Å². The third kappa shape index (κ3) is 11.5. The van der Waals surface area contributed by atoms with E-state index in [-0.39, 0.29) is 33.3 Å². The molecule has 0 spiro atoms. The lowest BCUT2D eigenvalue weighted by molar-refractivity contribution is -0.191. The average Bonchev–Trinajstić information content (AvgIpc) is 2.13. The first kappa shape index (κ1) is 26.2. The van der Waals surface area contributed by atoms with E-state index in [4.69, 9.17) is 0 Å². The van der Waals surface area contributed by atoms with Gasteiger partial charge in [0.1, 0.15) is 7.60 Å². The Morgan fingerprint density at radius 1 is 0.857 bits per heavy atom. The third-order valence-electron chi connectivity index (χ3n) is 2.00. The van der Waals surface area contributed by atoms with Crippen LogP contribution in [0.2, 0.25) is 0 Å². The molecule has 0 fully saturated rings. The smallest absolute Gasteiger partial charge is 0.342 e. The maximum Gasteiger partial charge on any atom is 0.342 e. The van der Waals surface area contributed by atoms with Crippen molar-refractivity contribution in [2.24, 2.45) is 0 Å². The summed E-state index contributed by atoms with van der Waals surface area (Å²) in [7, 11) is -12.5. The maximum atomic E-state index is 12.2. The standard InChI is InChI=1S/C9H23O7P3.2CH3/c1-4-7-17(10,11)15-19(14,9-6-3)16-18(12,13)8-5-2;;/h4-9H2,1-3H3,(H,10,11)(H,12,13);2*1H3/q;2*+1/p-1. The Morgan fingerprint density at radius 3 is 1.67 bits per heavy atom. The molecule has 0 amide bonds. The van der Waals surface area contributed by atoms with Crippen LogP contribution >= 0.6 is 22.8 Å². The molecule has 0 aliphatic rings. The van der Waals surface area contributed by atoms with Crippen LogP contribution < -0.4 is 4.89 Å². The van der Waals surface area contributed by atoms with E-state index in [9.17, 15) is 23.5 Å². The first-order chi connectivity index (χ1) is 8.60. The second-order valence-electron chi connectivity index (χ2n) is 4.19. The predicted molar refractivity (Wildman–Crippen MR) is 85.5 cm³/mol. The van der Waals surface area contributed by atoms with E-state index < -0.39 is 22.8 Å². The SMILES string of the molecule is CCCP(=O)([O-])OP(=O)(CCC)OP(=O)(O)CCC.[CH3+].[CH3+]. The quantitative estimate of drug-likeness (QED) is 0.458. The second kappa shape index (κ2) is 10.9. The van der Waals surface area contributed by atoms with Crippen molar-refractivity contribution in [2.45, 2.75) is 40.0 Å². The second-order valence-corrected chi connectivity index (χ2v) is 10.6. The summed E-state index contributed by atoms with van der Waals surface area (Å²) in [6.45, 7) is 4.94. The Balaban J connectivity index is -0.00000162. The minimum absolute atomic E-state index is 0. The maximum absolute atomic E-state index is 12.2. The molecular weight excluding hydrogens is 337 g/mol. The van der Waals surface area contributed by atoms with Gasteiger partial charge in [-0.15, -0.1) is 0 Å². The van der Waals surface area contributed by atoms with Crippen LogP contribution in [-0.2, 0) is 22.3 Å². The molecule has 0 aliphatic heterocycles. The fourth-order valence-corrected chi connectivity index (χ4v) is 7.82. The van der Waals surface area contributed by atoms with Crippen molar-refractivity contribution in [3.05, 3.63) is 14.9 Å². The number of hydrogen-bond donors (Lipinski definition) is 1. The van der Waals surface area contributed by atoms with E-state index in [0.29, 0.717) is 19.3 Å². The van der Waals surface area contributed by atoms with Gasteiger partial charge in [0.15, 0.2) is 0 Å². The lowest BCUT2D eigenvalue weighted by Gasteiger charge is -2.28. The highest BCUT2D eigenvalue weighted by Crippen LogP contribution is 2.68. The molecule has 0 aliphatic carbocycles. The molecule has 0 radical (unpaired) electrons. The topological polar surface area (TPSA) is 113 Å². The molecule has 21 heavy (non-hydrogen) atoms. The first-order valence-corrected chi connectivity index (χ1v) is 11.4. The van der Waals surface area contributed by atoms with Crippen LogP contribution in [0.5, 0.6) is 0 Å². The Bertz CT molecular complexity index is 379. The summed E-state index contributed by atoms with van der Waals surface area (Å²) in [5, 5.41) is 0. The van der Waals surface area contributed by atoms with Crippen molar-refractivity contribution in [2.75, 3.05) is 18.5 Å². The number of hydrogen-bond acceptors (Lipinski definition) is 6. The molecule has 128 valence electrons. The molecule has 3 unspecified atom stereocenters. The zero-order valence-electron chi connectivity index (χ0n) is 13.5. The fourth-order valence-electron chi connectivity index (χ4n) is 1.39. The van der Waals surface area contributed by atoms with E-state index in [1.807, 2.05) is 0 Å². The molecule has 0 aromatic heterocycles. The van der Waals surface area contributed by atoms with Crippen LogP contribution in [-0.4, -0.2) is 23.4 Å². The van der Waals surface area contributed by atoms with E-state index >= 15 is 0 Å². The largest absolute Gasteiger partial charge is 0.778 e. The van der Waals surface area contributed by atoms with Crippen LogP contribution in [0.3, 0.4) is 0 Å². The summed E-state index contributed by atoms with van der Waals surface area (Å²) in [6.07, 6.45) is 0.282. The molecule has 7 nitrogen and oxygen atoms in total. The van der Waals surface area contributed by atoms with Gasteiger partial charge in [-0.1, -0.05) is 20.8 Å². The Morgan fingerprint density at radius 2 is 1.29 bits per heavy atom. The average molecular weight is 365 g/mol. The third-order valence-corrected chi connectivity index (χ3v) is 9.01. The minimum atomic E-state index is -4.32. The molecule has 0 saturated carbocycles. The molecule has 0 heterocycles. The summed E-state index contributed by atoms with van der Waals surface area (Å²) in [5.41, 5.74) is 0. The van der Waals surface area contributed by atoms with Crippen molar-refractivity contribution in [3.63, 3.8) is 0 Å². The molecular formula is C11H28O7P3+. The van der Waals surface area contributed by atoms with Crippen molar-refractivity contribution >= 4 is 22.8 Å². The predicted octanol–water partition coefficient (Wildman–Crippen LogP) is 4.08. The van der Waals surface area contributed by atoms with Gasteiger partial charge in [-0.05, 0) is 19.3 Å². The molecule has 0 bridgehead atoms. The zero-order chi connectivity index (χ0) is 15.2. The van der Waals surface area contributed by atoms with Gasteiger partial charge < -0.3 is 14.4 Å². The summed E-state index contributed by atoms with van der Waals surface area (Å²) in [6, 6.07) is 0. The molecule has 0 rings (SSSR count). The fraction of sp³-hybridized carbons (Fsp3) is 0.818. The molecule has 10 heteroatoms. The van der Waals surface area contributed by atoms with E-state index in [1.54, 1.807) is 20.8 Å². The molecule has 0 aromatic rings. The molecule has 0 saturated heterocycles. The van der Waals surface area contributed by atoms with Gasteiger partial charge in [0.2, 0.25) is 0 Å². The highest BCUT2D eigenvalue weighted by atomic mass is 31.3. The lowest BCUT2D eigenvalue weighted by Crippen LogP contribution is -2.09. The van der Waals surface area contributed by atoms with Gasteiger partial charge in [-0.2, -0.15) is 0 Å². The van der Waals surface area contributed by atoms with Crippen molar-refractivity contribution in [1.82, 2.24) is 0 Å². The van der Waals surface area contributed by atoms with Crippen LogP contribution in [0.15, 0.2) is 0 Å². The number of rotatable bonds is 10. The highest BCUT2D eigenvalue weighted by Gasteiger charge is 2.36. The first-order valence-electron chi connectivity index (χ1n) is 6.23. The van der Waals surface area contributed by atoms with Crippen LogP contribution in [0.4, 0.5) is 0 Å². The van der Waals surface area contributed by atoms with Gasteiger partial charge in [-0.25, -0.2) is 4.31 Å². The molecule has 0 aromatic carbocycles. The lowest BCUT2D eigenvalue weighted by atomic mass is 10.6. The van der Waals surface area contributed by atoms with E-state index in [1.165, 1.54) is 0 Å². The molecule has 3 atom stereocenters. The van der Waals surface area contributed by atoms with Crippen LogP contribution in [0, 0.1) is 14.9 Å². The van der Waals surface area contributed by atoms with Crippen molar-refractivity contribution in [1.29, 1.82) is 0 Å². The summed E-state index contributed by atoms with van der Waals surface area (Å²) in [5.74, 6) is 0. The Kier molecular flexibility index (Phi) is 13.6. The minimum Gasteiger partial charge on any atom is -0.778 e. The zero-order valence-corrected chi connectivity index (χ0v) is 16.2. The van der Waals surface area contributed by atoms with Gasteiger partial charge in [0.25, 0.3) is 0 Å². The van der Waals surface area contributed by atoms with Gasteiger partial charge >= 0.3 is 15.2 Å². The monoisotopic (exact) mass is 365 g/mol. The summed E-state index contributed by atoms with van der Waals surface area (Å²) in [4.78, 5) is 21.0.